The van der Waals surface area contributed by atoms with Gasteiger partial charge in [0, 0.05) is 12.8 Å². The normalized spacial score (nSPS) is 20.7. The summed E-state index contributed by atoms with van der Waals surface area (Å²) in [7, 11) is -1.90. The van der Waals surface area contributed by atoms with E-state index >= 15 is 0 Å². The van der Waals surface area contributed by atoms with Gasteiger partial charge in [-0.3, -0.25) is 0 Å². The average molecular weight is 357 g/mol. The van der Waals surface area contributed by atoms with Gasteiger partial charge in [-0.2, -0.15) is 0 Å². The van der Waals surface area contributed by atoms with E-state index in [0.29, 0.717) is 26.1 Å². The van der Waals surface area contributed by atoms with E-state index in [1.54, 1.807) is 0 Å². The van der Waals surface area contributed by atoms with Crippen LogP contribution < -0.4 is 0 Å². The van der Waals surface area contributed by atoms with Crippen LogP contribution in [0.3, 0.4) is 0 Å². The van der Waals surface area contributed by atoms with Crippen LogP contribution in [0.5, 0.6) is 0 Å². The van der Waals surface area contributed by atoms with Crippen molar-refractivity contribution in [3.63, 3.8) is 0 Å². The Morgan fingerprint density at radius 3 is 2.21 bits per heavy atom. The van der Waals surface area contributed by atoms with Crippen LogP contribution in [0.1, 0.15) is 60.8 Å². The monoisotopic (exact) mass is 356 g/mol. The predicted molar refractivity (Wildman–Crippen MR) is 101 cm³/mol. The first-order valence-electron chi connectivity index (χ1n) is 8.95. The Bertz CT molecular complexity index is 456. The Morgan fingerprint density at radius 2 is 1.75 bits per heavy atom. The minimum Gasteiger partial charge on any atom is -0.413 e. The summed E-state index contributed by atoms with van der Waals surface area (Å²) in [5, 5.41) is 0.152. The molecule has 1 rings (SSSR count). The molecule has 0 saturated carbocycles. The molecule has 0 aromatic heterocycles. The van der Waals surface area contributed by atoms with Crippen LogP contribution in [0.15, 0.2) is 11.1 Å². The largest absolute Gasteiger partial charge is 0.413 e. The molecule has 24 heavy (non-hydrogen) atoms. The SMILES string of the molecule is C/C(CC=O)=C(/C)C[C@H](CC1(C)OCCO1)O[Si](C)(C)C(C)(C)C. The minimum absolute atomic E-state index is 0.0376. The molecule has 1 aliphatic rings. The Balaban J connectivity index is 2.94. The predicted octanol–water partition coefficient (Wildman–Crippen LogP) is 4.85. The second-order valence-electron chi connectivity index (χ2n) is 8.67. The van der Waals surface area contributed by atoms with Crippen LogP contribution in [-0.4, -0.2) is 39.7 Å². The van der Waals surface area contributed by atoms with Crippen molar-refractivity contribution < 1.29 is 18.7 Å². The van der Waals surface area contributed by atoms with Gasteiger partial charge >= 0.3 is 0 Å². The highest BCUT2D eigenvalue weighted by Crippen LogP contribution is 2.39. The minimum atomic E-state index is -1.90. The fourth-order valence-electron chi connectivity index (χ4n) is 2.65. The molecule has 0 aromatic carbocycles. The third-order valence-corrected chi connectivity index (χ3v) is 9.95. The van der Waals surface area contributed by atoms with Gasteiger partial charge in [0.1, 0.15) is 6.29 Å². The summed E-state index contributed by atoms with van der Waals surface area (Å²) < 4.78 is 18.3. The summed E-state index contributed by atoms with van der Waals surface area (Å²) in [6, 6.07) is 0. The smallest absolute Gasteiger partial charge is 0.192 e. The highest BCUT2D eigenvalue weighted by atomic mass is 28.4. The van der Waals surface area contributed by atoms with Crippen molar-refractivity contribution in [3.05, 3.63) is 11.1 Å². The molecule has 1 fully saturated rings. The van der Waals surface area contributed by atoms with E-state index in [1.807, 2.05) is 13.8 Å². The highest BCUT2D eigenvalue weighted by Gasteiger charge is 2.42. The maximum Gasteiger partial charge on any atom is 0.192 e. The molecule has 0 amide bonds. The summed E-state index contributed by atoms with van der Waals surface area (Å²) in [6.07, 6.45) is 3.02. The van der Waals surface area contributed by atoms with E-state index in [9.17, 15) is 4.79 Å². The molecule has 0 spiro atoms. The zero-order valence-corrected chi connectivity index (χ0v) is 17.8. The lowest BCUT2D eigenvalue weighted by Gasteiger charge is -2.41. The van der Waals surface area contributed by atoms with Crippen molar-refractivity contribution in [1.29, 1.82) is 0 Å². The fourth-order valence-corrected chi connectivity index (χ4v) is 4.01. The Kier molecular flexibility index (Phi) is 7.41. The van der Waals surface area contributed by atoms with Gasteiger partial charge in [-0.1, -0.05) is 31.9 Å². The summed E-state index contributed by atoms with van der Waals surface area (Å²) in [4.78, 5) is 10.8. The van der Waals surface area contributed by atoms with Gasteiger partial charge in [-0.25, -0.2) is 0 Å². The first-order chi connectivity index (χ1) is 10.9. The third-order valence-electron chi connectivity index (χ3n) is 5.42. The van der Waals surface area contributed by atoms with E-state index in [2.05, 4.69) is 40.8 Å². The van der Waals surface area contributed by atoms with Crippen molar-refractivity contribution in [2.45, 2.75) is 90.8 Å². The molecular weight excluding hydrogens is 320 g/mol. The lowest BCUT2D eigenvalue weighted by atomic mass is 9.98. The number of carbonyl (C=O) groups is 1. The molecular formula is C19H36O4Si. The maximum absolute atomic E-state index is 10.8. The topological polar surface area (TPSA) is 44.8 Å². The third kappa shape index (κ3) is 6.10. The van der Waals surface area contributed by atoms with Crippen LogP contribution in [0, 0.1) is 0 Å². The summed E-state index contributed by atoms with van der Waals surface area (Å²) >= 11 is 0. The molecule has 0 radical (unpaired) electrons. The molecule has 1 atom stereocenters. The molecule has 4 nitrogen and oxygen atoms in total. The Labute approximate surface area is 149 Å². The van der Waals surface area contributed by atoms with Gasteiger partial charge in [0.25, 0.3) is 0 Å². The summed E-state index contributed by atoms with van der Waals surface area (Å²) in [5.41, 5.74) is 2.36. The quantitative estimate of drug-likeness (QED) is 0.354. The van der Waals surface area contributed by atoms with Crippen LogP contribution >= 0.6 is 0 Å². The molecule has 0 bridgehead atoms. The van der Waals surface area contributed by atoms with Crippen molar-refractivity contribution in [2.24, 2.45) is 0 Å². The molecule has 1 saturated heterocycles. The summed E-state index contributed by atoms with van der Waals surface area (Å²) in [6.45, 7) is 18.7. The van der Waals surface area contributed by atoms with Crippen molar-refractivity contribution in [1.82, 2.24) is 0 Å². The van der Waals surface area contributed by atoms with E-state index in [-0.39, 0.29) is 11.1 Å². The van der Waals surface area contributed by atoms with Gasteiger partial charge < -0.3 is 18.7 Å². The summed E-state index contributed by atoms with van der Waals surface area (Å²) in [5.74, 6) is -0.564. The Morgan fingerprint density at radius 1 is 1.21 bits per heavy atom. The lowest BCUT2D eigenvalue weighted by Crippen LogP contribution is -2.46. The fraction of sp³-hybridized carbons (Fsp3) is 0.842. The van der Waals surface area contributed by atoms with Gasteiger partial charge in [-0.15, -0.1) is 0 Å². The highest BCUT2D eigenvalue weighted by molar-refractivity contribution is 6.74. The van der Waals surface area contributed by atoms with E-state index < -0.39 is 14.1 Å². The van der Waals surface area contributed by atoms with E-state index in [4.69, 9.17) is 13.9 Å². The average Bonchev–Trinajstić information content (AvgIpc) is 2.83. The van der Waals surface area contributed by atoms with Crippen LogP contribution in [0.25, 0.3) is 0 Å². The van der Waals surface area contributed by atoms with Gasteiger partial charge in [0.05, 0.1) is 19.3 Å². The first-order valence-corrected chi connectivity index (χ1v) is 11.9. The molecule has 0 unspecified atom stereocenters. The molecule has 1 aliphatic heterocycles. The van der Waals surface area contributed by atoms with Gasteiger partial charge in [0.15, 0.2) is 14.1 Å². The first kappa shape index (κ1) is 21.5. The van der Waals surface area contributed by atoms with Crippen LogP contribution in [-0.2, 0) is 18.7 Å². The van der Waals surface area contributed by atoms with Gasteiger partial charge in [0.2, 0.25) is 0 Å². The van der Waals surface area contributed by atoms with Crippen molar-refractivity contribution >= 4 is 14.6 Å². The second-order valence-corrected chi connectivity index (χ2v) is 13.4. The number of carbonyl (C=O) groups excluding carboxylic acids is 1. The number of aldehydes is 1. The number of hydrogen-bond acceptors (Lipinski definition) is 4. The standard InChI is InChI=1S/C19H36O4Si/c1-15(9-10-20)16(2)13-17(14-19(6)21-11-12-22-19)23-24(7,8)18(3,4)5/h10,17H,9,11-14H2,1-8H3/b16-15+/t17-/m1/s1. The molecule has 140 valence electrons. The molecule has 0 N–H and O–H groups in total. The van der Waals surface area contributed by atoms with Gasteiger partial charge in [-0.05, 0) is 45.3 Å². The van der Waals surface area contributed by atoms with E-state index in [0.717, 1.165) is 18.3 Å². The van der Waals surface area contributed by atoms with Crippen molar-refractivity contribution in [2.75, 3.05) is 13.2 Å². The molecule has 1 heterocycles. The number of hydrogen-bond donors (Lipinski definition) is 0. The van der Waals surface area contributed by atoms with E-state index in [1.165, 1.54) is 5.57 Å². The zero-order chi connectivity index (χ0) is 18.6. The molecule has 5 heteroatoms. The lowest BCUT2D eigenvalue weighted by molar-refractivity contribution is -0.161. The molecule has 0 aromatic rings. The number of ether oxygens (including phenoxy) is 2. The Hall–Kier alpha value is -0.493. The zero-order valence-electron chi connectivity index (χ0n) is 16.8. The molecule has 0 aliphatic carbocycles. The van der Waals surface area contributed by atoms with Crippen molar-refractivity contribution in [3.8, 4) is 0 Å². The van der Waals surface area contributed by atoms with Crippen LogP contribution in [0.2, 0.25) is 18.1 Å². The van der Waals surface area contributed by atoms with Crippen LogP contribution in [0.4, 0.5) is 0 Å². The number of allylic oxidation sites excluding steroid dienone is 1. The number of rotatable bonds is 8. The second kappa shape index (κ2) is 8.26. The maximum atomic E-state index is 10.8.